The molecule has 0 aliphatic rings. The minimum atomic E-state index is 0.355. The fourth-order valence-corrected chi connectivity index (χ4v) is 3.71. The Labute approximate surface area is 198 Å². The van der Waals surface area contributed by atoms with Gasteiger partial charge >= 0.3 is 0 Å². The smallest absolute Gasteiger partial charge is 0.175 e. The minimum Gasteiger partial charge on any atom is -0.493 e. The number of hydrogen-bond donors (Lipinski definition) is 0. The standard InChI is InChI=1S/C23H15BrCl3NO2/c1-29-22-10-15(8-17(12-28)16-4-7-20(26)21(27)11-16)9-19(24)23(22)30-13-14-2-5-18(25)6-3-14/h2-11H,13H2,1H3/b17-8-. The van der Waals surface area contributed by atoms with Gasteiger partial charge in [0, 0.05) is 5.02 Å². The molecule has 3 aromatic rings. The average Bonchev–Trinajstić information content (AvgIpc) is 2.74. The molecule has 3 aromatic carbocycles. The van der Waals surface area contributed by atoms with Crippen molar-refractivity contribution in [2.24, 2.45) is 0 Å². The molecule has 0 heterocycles. The average molecular weight is 524 g/mol. The second-order valence-electron chi connectivity index (χ2n) is 6.25. The molecular formula is C23H15BrCl3NO2. The normalized spacial score (nSPS) is 11.1. The Bertz CT molecular complexity index is 1140. The van der Waals surface area contributed by atoms with Crippen molar-refractivity contribution in [1.82, 2.24) is 0 Å². The Kier molecular flexibility index (Phi) is 7.69. The number of benzene rings is 3. The first-order valence-electron chi connectivity index (χ1n) is 8.73. The van der Waals surface area contributed by atoms with Gasteiger partial charge in [0.1, 0.15) is 6.61 Å². The highest BCUT2D eigenvalue weighted by Crippen LogP contribution is 2.38. The van der Waals surface area contributed by atoms with Gasteiger partial charge < -0.3 is 9.47 Å². The van der Waals surface area contributed by atoms with Crippen LogP contribution in [0.2, 0.25) is 15.1 Å². The highest BCUT2D eigenvalue weighted by atomic mass is 79.9. The molecule has 0 aromatic heterocycles. The van der Waals surface area contributed by atoms with E-state index in [4.69, 9.17) is 44.3 Å². The Morgan fingerprint density at radius 2 is 1.77 bits per heavy atom. The van der Waals surface area contributed by atoms with Crippen LogP contribution in [0.1, 0.15) is 16.7 Å². The van der Waals surface area contributed by atoms with E-state index in [2.05, 4.69) is 22.0 Å². The Morgan fingerprint density at radius 1 is 1.03 bits per heavy atom. The van der Waals surface area contributed by atoms with Gasteiger partial charge in [0.2, 0.25) is 0 Å². The lowest BCUT2D eigenvalue weighted by Gasteiger charge is -2.14. The first-order chi connectivity index (χ1) is 14.4. The summed E-state index contributed by atoms with van der Waals surface area (Å²) in [6, 6.07) is 18.4. The zero-order chi connectivity index (χ0) is 21.7. The molecule has 0 saturated heterocycles. The fourth-order valence-electron chi connectivity index (χ4n) is 2.71. The highest BCUT2D eigenvalue weighted by Gasteiger charge is 2.13. The Balaban J connectivity index is 1.90. The molecule has 0 unspecified atom stereocenters. The predicted octanol–water partition coefficient (Wildman–Crippen LogP) is 8.06. The molecule has 0 spiro atoms. The lowest BCUT2D eigenvalue weighted by Crippen LogP contribution is -1.99. The van der Waals surface area contributed by atoms with E-state index in [-0.39, 0.29) is 0 Å². The van der Waals surface area contributed by atoms with Crippen LogP contribution in [-0.4, -0.2) is 7.11 Å². The lowest BCUT2D eigenvalue weighted by molar-refractivity contribution is 0.282. The molecule has 0 fully saturated rings. The third-order valence-electron chi connectivity index (χ3n) is 4.21. The van der Waals surface area contributed by atoms with Crippen LogP contribution in [-0.2, 0) is 6.61 Å². The molecule has 3 nitrogen and oxygen atoms in total. The van der Waals surface area contributed by atoms with E-state index in [0.717, 1.165) is 11.1 Å². The quantitative estimate of drug-likeness (QED) is 0.242. The van der Waals surface area contributed by atoms with E-state index in [1.807, 2.05) is 30.3 Å². The summed E-state index contributed by atoms with van der Waals surface area (Å²) < 4.78 is 12.2. The first kappa shape index (κ1) is 22.5. The van der Waals surface area contributed by atoms with Crippen LogP contribution in [0.25, 0.3) is 11.6 Å². The van der Waals surface area contributed by atoms with Gasteiger partial charge in [-0.25, -0.2) is 0 Å². The van der Waals surface area contributed by atoms with Gasteiger partial charge in [0.25, 0.3) is 0 Å². The van der Waals surface area contributed by atoms with Crippen molar-refractivity contribution in [3.05, 3.63) is 90.8 Å². The maximum atomic E-state index is 9.61. The Morgan fingerprint density at radius 3 is 2.40 bits per heavy atom. The summed E-state index contributed by atoms with van der Waals surface area (Å²) in [5.41, 5.74) is 2.85. The summed E-state index contributed by atoms with van der Waals surface area (Å²) in [6.45, 7) is 0.355. The van der Waals surface area contributed by atoms with Crippen LogP contribution in [0.4, 0.5) is 0 Å². The molecule has 152 valence electrons. The van der Waals surface area contributed by atoms with Crippen molar-refractivity contribution in [3.8, 4) is 17.6 Å². The number of nitriles is 1. The van der Waals surface area contributed by atoms with Gasteiger partial charge in [-0.15, -0.1) is 0 Å². The van der Waals surface area contributed by atoms with E-state index in [1.165, 1.54) is 0 Å². The topological polar surface area (TPSA) is 42.2 Å². The maximum absolute atomic E-state index is 9.61. The summed E-state index contributed by atoms with van der Waals surface area (Å²) in [4.78, 5) is 0. The molecule has 30 heavy (non-hydrogen) atoms. The monoisotopic (exact) mass is 521 g/mol. The SMILES string of the molecule is COc1cc(/C=C(/C#N)c2ccc(Cl)c(Cl)c2)cc(Br)c1OCc1ccc(Cl)cc1. The van der Waals surface area contributed by atoms with Gasteiger partial charge in [-0.2, -0.15) is 5.26 Å². The summed E-state index contributed by atoms with van der Waals surface area (Å²) in [5, 5.41) is 11.1. The van der Waals surface area contributed by atoms with Crippen LogP contribution in [0.5, 0.6) is 11.5 Å². The molecule has 0 atom stereocenters. The number of rotatable bonds is 6. The van der Waals surface area contributed by atoms with E-state index in [9.17, 15) is 5.26 Å². The molecule has 0 amide bonds. The van der Waals surface area contributed by atoms with E-state index in [1.54, 1.807) is 37.5 Å². The number of hydrogen-bond acceptors (Lipinski definition) is 3. The number of halogens is 4. The zero-order valence-electron chi connectivity index (χ0n) is 15.8. The number of allylic oxidation sites excluding steroid dienone is 1. The molecule has 0 aliphatic heterocycles. The van der Waals surface area contributed by atoms with Gasteiger partial charge in [-0.05, 0) is 75.1 Å². The van der Waals surface area contributed by atoms with Crippen LogP contribution in [0, 0.1) is 11.3 Å². The first-order valence-corrected chi connectivity index (χ1v) is 10.7. The van der Waals surface area contributed by atoms with Crippen molar-refractivity contribution in [3.63, 3.8) is 0 Å². The van der Waals surface area contributed by atoms with Gasteiger partial charge in [-0.3, -0.25) is 0 Å². The van der Waals surface area contributed by atoms with Crippen LogP contribution < -0.4 is 9.47 Å². The van der Waals surface area contributed by atoms with E-state index in [0.29, 0.717) is 48.8 Å². The maximum Gasteiger partial charge on any atom is 0.175 e. The van der Waals surface area contributed by atoms with Gasteiger partial charge in [-0.1, -0.05) is 53.0 Å². The Hall–Kier alpha value is -2.16. The van der Waals surface area contributed by atoms with Crippen molar-refractivity contribution in [1.29, 1.82) is 5.26 Å². The minimum absolute atomic E-state index is 0.355. The van der Waals surface area contributed by atoms with Crippen molar-refractivity contribution in [2.75, 3.05) is 7.11 Å². The largest absolute Gasteiger partial charge is 0.493 e. The summed E-state index contributed by atoms with van der Waals surface area (Å²) in [7, 11) is 1.56. The molecule has 0 saturated carbocycles. The second kappa shape index (κ2) is 10.2. The fraction of sp³-hybridized carbons (Fsp3) is 0.0870. The zero-order valence-corrected chi connectivity index (χ0v) is 19.6. The van der Waals surface area contributed by atoms with Crippen molar-refractivity contribution in [2.45, 2.75) is 6.61 Å². The van der Waals surface area contributed by atoms with Crippen LogP contribution >= 0.6 is 50.7 Å². The number of nitrogens with zero attached hydrogens (tertiary/aromatic N) is 1. The highest BCUT2D eigenvalue weighted by molar-refractivity contribution is 9.10. The van der Waals surface area contributed by atoms with Crippen molar-refractivity contribution >= 4 is 62.4 Å². The number of ether oxygens (including phenoxy) is 2. The lowest BCUT2D eigenvalue weighted by atomic mass is 10.0. The van der Waals surface area contributed by atoms with Gasteiger partial charge in [0.05, 0.1) is 33.3 Å². The van der Waals surface area contributed by atoms with E-state index >= 15 is 0 Å². The van der Waals surface area contributed by atoms with Crippen molar-refractivity contribution < 1.29 is 9.47 Å². The summed E-state index contributed by atoms with van der Waals surface area (Å²) >= 11 is 21.5. The van der Waals surface area contributed by atoms with Crippen LogP contribution in [0.3, 0.4) is 0 Å². The second-order valence-corrected chi connectivity index (χ2v) is 8.35. The molecule has 0 N–H and O–H groups in total. The van der Waals surface area contributed by atoms with E-state index < -0.39 is 0 Å². The summed E-state index contributed by atoms with van der Waals surface area (Å²) in [5.74, 6) is 1.11. The third-order valence-corrected chi connectivity index (χ3v) is 5.79. The van der Waals surface area contributed by atoms with Gasteiger partial charge in [0.15, 0.2) is 11.5 Å². The molecule has 7 heteroatoms. The molecular weight excluding hydrogens is 509 g/mol. The predicted molar refractivity (Wildman–Crippen MR) is 126 cm³/mol. The molecule has 3 rings (SSSR count). The molecule has 0 bridgehead atoms. The molecule has 0 aliphatic carbocycles. The third kappa shape index (κ3) is 5.50. The summed E-state index contributed by atoms with van der Waals surface area (Å²) in [6.07, 6.45) is 1.75. The molecule has 0 radical (unpaired) electrons. The van der Waals surface area contributed by atoms with Crippen LogP contribution in [0.15, 0.2) is 59.1 Å². The number of methoxy groups -OCH3 is 1.